The number of ether oxygens (including phenoxy) is 1. The van der Waals surface area contributed by atoms with Crippen LogP contribution in [0.1, 0.15) is 29.8 Å². The van der Waals surface area contributed by atoms with Crippen molar-refractivity contribution in [2.24, 2.45) is 0 Å². The van der Waals surface area contributed by atoms with E-state index in [1.807, 2.05) is 0 Å². The van der Waals surface area contributed by atoms with E-state index in [0.29, 0.717) is 11.1 Å². The van der Waals surface area contributed by atoms with Crippen LogP contribution < -0.4 is 0 Å². The highest BCUT2D eigenvalue weighted by molar-refractivity contribution is 5.93. The van der Waals surface area contributed by atoms with Gasteiger partial charge < -0.3 is 9.84 Å². The van der Waals surface area contributed by atoms with Crippen LogP contribution in [0.3, 0.4) is 0 Å². The monoisotopic (exact) mass is 263 g/mol. The number of phenols is 1. The Labute approximate surface area is 112 Å². The lowest BCUT2D eigenvalue weighted by molar-refractivity contribution is 0.0536. The summed E-state index contributed by atoms with van der Waals surface area (Å²) in [4.78, 5) is 11.7. The van der Waals surface area contributed by atoms with Crippen molar-refractivity contribution in [3.05, 3.63) is 53.4 Å². The molecule has 0 bridgehead atoms. The number of aromatic hydroxyl groups is 1. The molecule has 0 heterocycles. The molecule has 0 fully saturated rings. The van der Waals surface area contributed by atoms with E-state index in [9.17, 15) is 14.3 Å². The van der Waals surface area contributed by atoms with Crippen LogP contribution in [-0.2, 0) is 11.2 Å². The summed E-state index contributed by atoms with van der Waals surface area (Å²) in [6, 6.07) is 2.10. The molecular formula is C15H16FO3+. The maximum absolute atomic E-state index is 13.4. The van der Waals surface area contributed by atoms with Gasteiger partial charge in [0.1, 0.15) is 17.1 Å². The minimum Gasteiger partial charge on any atom is -0.507 e. The average molecular weight is 263 g/mol. The van der Waals surface area contributed by atoms with Gasteiger partial charge in [-0.1, -0.05) is 12.2 Å². The molecule has 4 heteroatoms. The molecule has 0 aromatic heterocycles. The molecular weight excluding hydrogens is 247 g/mol. The Morgan fingerprint density at radius 3 is 2.63 bits per heavy atom. The summed E-state index contributed by atoms with van der Waals surface area (Å²) in [5.41, 5.74) is 1.24. The number of benzene rings is 1. The molecule has 3 nitrogen and oxygen atoms in total. The van der Waals surface area contributed by atoms with Gasteiger partial charge >= 0.3 is 5.97 Å². The quantitative estimate of drug-likeness (QED) is 0.504. The number of hydrogen-bond acceptors (Lipinski definition) is 3. The third-order valence-corrected chi connectivity index (χ3v) is 2.30. The van der Waals surface area contributed by atoms with Gasteiger partial charge in [0.05, 0.1) is 0 Å². The van der Waals surface area contributed by atoms with Crippen LogP contribution in [0.15, 0.2) is 29.9 Å². The number of phenolic OH excluding ortho intramolecular Hbond substituents is 1. The Bertz CT molecular complexity index is 532. The van der Waals surface area contributed by atoms with Crippen LogP contribution in [0.25, 0.3) is 0 Å². The Kier molecular flexibility index (Phi) is 4.79. The standard InChI is InChI=1S/C15H15FO3/c1-9(2)5-11-6-12(16)7-13(14(11)17)15(18)19-8-10(3)4/h3,6-7H,1,5,8H2,2,4H3/p+1. The second-order valence-electron chi connectivity index (χ2n) is 4.52. The van der Waals surface area contributed by atoms with E-state index in [1.165, 1.54) is 6.07 Å². The maximum Gasteiger partial charge on any atom is 0.342 e. The molecule has 0 unspecified atom stereocenters. The van der Waals surface area contributed by atoms with Crippen molar-refractivity contribution in [1.82, 2.24) is 0 Å². The highest BCUT2D eigenvalue weighted by Crippen LogP contribution is 2.27. The summed E-state index contributed by atoms with van der Waals surface area (Å²) < 4.78 is 18.3. The van der Waals surface area contributed by atoms with Gasteiger partial charge in [0, 0.05) is 12.5 Å². The molecule has 100 valence electrons. The zero-order valence-electron chi connectivity index (χ0n) is 11.0. The Morgan fingerprint density at radius 1 is 1.47 bits per heavy atom. The summed E-state index contributed by atoms with van der Waals surface area (Å²) in [6.45, 7) is 12.3. The van der Waals surface area contributed by atoms with E-state index < -0.39 is 11.8 Å². The summed E-state index contributed by atoms with van der Waals surface area (Å²) in [6.07, 6.45) is 0.284. The largest absolute Gasteiger partial charge is 0.507 e. The summed E-state index contributed by atoms with van der Waals surface area (Å²) in [5.74, 6) is -1.72. The predicted molar refractivity (Wildman–Crippen MR) is 70.4 cm³/mol. The van der Waals surface area contributed by atoms with Crippen molar-refractivity contribution in [2.75, 3.05) is 6.61 Å². The summed E-state index contributed by atoms with van der Waals surface area (Å²) in [7, 11) is 0. The molecule has 0 amide bonds. The fourth-order valence-electron chi connectivity index (χ4n) is 1.53. The van der Waals surface area contributed by atoms with Gasteiger partial charge in [0.25, 0.3) is 0 Å². The van der Waals surface area contributed by atoms with Gasteiger partial charge in [-0.05, 0) is 25.5 Å². The molecule has 0 aliphatic heterocycles. The Morgan fingerprint density at radius 2 is 2.11 bits per heavy atom. The van der Waals surface area contributed by atoms with Crippen molar-refractivity contribution < 1.29 is 19.0 Å². The van der Waals surface area contributed by atoms with Crippen molar-refractivity contribution in [1.29, 1.82) is 0 Å². The van der Waals surface area contributed by atoms with Crippen LogP contribution in [0.5, 0.6) is 5.75 Å². The summed E-state index contributed by atoms with van der Waals surface area (Å²) in [5, 5.41) is 9.95. The number of carbonyl (C=O) groups excluding carboxylic acids is 1. The Balaban J connectivity index is 3.06. The lowest BCUT2D eigenvalue weighted by Gasteiger charge is -2.09. The first kappa shape index (κ1) is 14.9. The van der Waals surface area contributed by atoms with Gasteiger partial charge in [-0.15, -0.1) is 0 Å². The van der Waals surface area contributed by atoms with Crippen molar-refractivity contribution in [3.63, 3.8) is 0 Å². The highest BCUT2D eigenvalue weighted by Gasteiger charge is 2.18. The molecule has 1 N–H and O–H groups in total. The molecule has 1 aromatic carbocycles. The number of halogens is 1. The molecule has 0 aliphatic carbocycles. The molecule has 19 heavy (non-hydrogen) atoms. The molecule has 0 saturated carbocycles. The lowest BCUT2D eigenvalue weighted by Crippen LogP contribution is -2.08. The minimum atomic E-state index is -0.815. The second-order valence-corrected chi connectivity index (χ2v) is 4.52. The van der Waals surface area contributed by atoms with Crippen LogP contribution >= 0.6 is 0 Å². The van der Waals surface area contributed by atoms with E-state index in [4.69, 9.17) is 11.3 Å². The van der Waals surface area contributed by atoms with Gasteiger partial charge in [-0.3, -0.25) is 0 Å². The molecule has 1 aromatic rings. The van der Waals surface area contributed by atoms with E-state index >= 15 is 0 Å². The third kappa shape index (κ3) is 4.19. The lowest BCUT2D eigenvalue weighted by atomic mass is 10.0. The zero-order chi connectivity index (χ0) is 14.6. The van der Waals surface area contributed by atoms with Crippen molar-refractivity contribution >= 4 is 5.97 Å². The smallest absolute Gasteiger partial charge is 0.342 e. The fraction of sp³-hybridized carbons (Fsp3) is 0.267. The third-order valence-electron chi connectivity index (χ3n) is 2.30. The summed E-state index contributed by atoms with van der Waals surface area (Å²) >= 11 is 0. The van der Waals surface area contributed by atoms with Crippen molar-refractivity contribution in [3.8, 4) is 5.75 Å². The van der Waals surface area contributed by atoms with Crippen LogP contribution in [-0.4, -0.2) is 17.7 Å². The minimum absolute atomic E-state index is 0.0788. The van der Waals surface area contributed by atoms with Crippen LogP contribution in [0.2, 0.25) is 0 Å². The molecule has 0 atom stereocenters. The van der Waals surface area contributed by atoms with Crippen LogP contribution in [0, 0.1) is 12.4 Å². The highest BCUT2D eigenvalue weighted by atomic mass is 19.1. The number of rotatable bonds is 5. The van der Waals surface area contributed by atoms with Gasteiger partial charge in [-0.2, -0.15) is 0 Å². The number of hydrogen-bond donors (Lipinski definition) is 1. The van der Waals surface area contributed by atoms with E-state index in [2.05, 4.69) is 6.58 Å². The number of allylic oxidation sites excluding steroid dienone is 1. The van der Waals surface area contributed by atoms with Gasteiger partial charge in [-0.25, -0.2) is 9.18 Å². The molecule has 1 rings (SSSR count). The molecule has 0 aliphatic rings. The Hall–Kier alpha value is -2.19. The van der Waals surface area contributed by atoms with E-state index in [-0.39, 0.29) is 24.3 Å². The van der Waals surface area contributed by atoms with E-state index in [1.54, 1.807) is 13.8 Å². The number of esters is 1. The SMILES string of the molecule is [CH+]=C(C)COC(=O)c1cc(F)cc(CC(=C)C)c1O. The average Bonchev–Trinajstić information content (AvgIpc) is 2.29. The molecule has 0 radical (unpaired) electrons. The fourth-order valence-corrected chi connectivity index (χ4v) is 1.53. The second kappa shape index (κ2) is 6.12. The first-order valence-electron chi connectivity index (χ1n) is 5.72. The first-order valence-corrected chi connectivity index (χ1v) is 5.72. The topological polar surface area (TPSA) is 46.5 Å². The maximum atomic E-state index is 13.4. The van der Waals surface area contributed by atoms with Gasteiger partial charge in [0.2, 0.25) is 6.58 Å². The van der Waals surface area contributed by atoms with Crippen LogP contribution in [0.4, 0.5) is 4.39 Å². The zero-order valence-corrected chi connectivity index (χ0v) is 11.0. The normalized spacial score (nSPS) is 10.0. The predicted octanol–water partition coefficient (Wildman–Crippen LogP) is 3.19. The van der Waals surface area contributed by atoms with Crippen molar-refractivity contribution in [2.45, 2.75) is 20.3 Å². The number of carbonyl (C=O) groups is 1. The molecule has 0 spiro atoms. The molecule has 0 saturated heterocycles. The van der Waals surface area contributed by atoms with Gasteiger partial charge in [0.15, 0.2) is 12.2 Å². The van der Waals surface area contributed by atoms with E-state index in [0.717, 1.165) is 11.6 Å². The first-order chi connectivity index (χ1) is 8.81.